The van der Waals surface area contributed by atoms with E-state index < -0.39 is 23.1 Å². The highest BCUT2D eigenvalue weighted by atomic mass is 32.2. The van der Waals surface area contributed by atoms with E-state index in [1.807, 2.05) is 19.6 Å². The van der Waals surface area contributed by atoms with Crippen LogP contribution in [0.3, 0.4) is 0 Å². The molecule has 0 aliphatic heterocycles. The minimum atomic E-state index is -3.87. The van der Waals surface area contributed by atoms with Crippen molar-refractivity contribution in [2.45, 2.75) is 95.6 Å². The van der Waals surface area contributed by atoms with E-state index in [1.54, 1.807) is 0 Å². The van der Waals surface area contributed by atoms with Gasteiger partial charge in [0.2, 0.25) is 0 Å². The molecule has 0 fully saturated rings. The van der Waals surface area contributed by atoms with Gasteiger partial charge in [0.15, 0.2) is 0 Å². The van der Waals surface area contributed by atoms with Gasteiger partial charge in [0.25, 0.3) is 10.1 Å². The van der Waals surface area contributed by atoms with E-state index in [-0.39, 0.29) is 0 Å². The minimum absolute atomic E-state index is 0.500. The molecule has 0 aromatic rings. The summed E-state index contributed by atoms with van der Waals surface area (Å²) in [5.74, 6) is 0. The van der Waals surface area contributed by atoms with E-state index in [4.69, 9.17) is 0 Å². The monoisotopic (exact) mass is 322 g/mol. The van der Waals surface area contributed by atoms with E-state index in [0.29, 0.717) is 6.42 Å². The van der Waals surface area contributed by atoms with Crippen LogP contribution in [0.1, 0.15) is 71.1 Å². The van der Waals surface area contributed by atoms with E-state index in [0.717, 1.165) is 12.8 Å². The smallest absolute Gasteiger partial charge is 0.265 e. The highest BCUT2D eigenvalue weighted by Crippen LogP contribution is 2.22. The molecule has 0 aromatic heterocycles. The first-order valence-corrected chi connectivity index (χ1v) is 13.2. The molecule has 0 amide bonds. The van der Waals surface area contributed by atoms with Gasteiger partial charge in [0.1, 0.15) is 0 Å². The topological polar surface area (TPSA) is 54.4 Å². The average Bonchev–Trinajstić information content (AvgIpc) is 2.28. The van der Waals surface area contributed by atoms with Crippen LogP contribution in [0.4, 0.5) is 0 Å². The molecule has 0 saturated carbocycles. The number of hydrogen-bond acceptors (Lipinski definition) is 2. The molecule has 0 aromatic carbocycles. The van der Waals surface area contributed by atoms with Gasteiger partial charge in [-0.05, 0) is 6.42 Å². The molecule has 1 N–H and O–H groups in total. The normalized spacial score (nSPS) is 14.4. The van der Waals surface area contributed by atoms with Crippen LogP contribution >= 0.6 is 0 Å². The van der Waals surface area contributed by atoms with Gasteiger partial charge in [-0.2, -0.15) is 8.42 Å². The van der Waals surface area contributed by atoms with Crippen molar-refractivity contribution in [3.05, 3.63) is 0 Å². The summed E-state index contributed by atoms with van der Waals surface area (Å²) in [6.07, 6.45) is 11.7. The Balaban J connectivity index is 3.77. The Morgan fingerprint density at radius 1 is 0.850 bits per heavy atom. The molecule has 0 saturated heterocycles. The summed E-state index contributed by atoms with van der Waals surface area (Å²) in [5.41, 5.74) is 0. The van der Waals surface area contributed by atoms with Gasteiger partial charge in [-0.15, -0.1) is 0 Å². The molecule has 1 atom stereocenters. The maximum Gasteiger partial charge on any atom is 0.265 e. The van der Waals surface area contributed by atoms with Gasteiger partial charge in [0, 0.05) is 0 Å². The van der Waals surface area contributed by atoms with E-state index in [1.165, 1.54) is 44.9 Å². The third kappa shape index (κ3) is 9.94. The second-order valence-electron chi connectivity index (χ2n) is 6.99. The lowest BCUT2D eigenvalue weighted by molar-refractivity contribution is 0.471. The molecule has 0 aliphatic carbocycles. The van der Waals surface area contributed by atoms with Crippen molar-refractivity contribution in [2.75, 3.05) is 0 Å². The van der Waals surface area contributed by atoms with Gasteiger partial charge < -0.3 is 0 Å². The third-order valence-electron chi connectivity index (χ3n) is 3.90. The lowest BCUT2D eigenvalue weighted by Crippen LogP contribution is -2.43. The van der Waals surface area contributed by atoms with Crippen molar-refractivity contribution < 1.29 is 13.0 Å². The Morgan fingerprint density at radius 3 is 1.60 bits per heavy atom. The fourth-order valence-electron chi connectivity index (χ4n) is 2.67. The predicted molar refractivity (Wildman–Crippen MR) is 90.5 cm³/mol. The molecule has 0 bridgehead atoms. The Bertz CT molecular complexity index is 334. The largest absolute Gasteiger partial charge is 0.286 e. The van der Waals surface area contributed by atoms with Crippen LogP contribution in [0.2, 0.25) is 19.6 Å². The first-order valence-electron chi connectivity index (χ1n) is 8.16. The molecule has 0 radical (unpaired) electrons. The van der Waals surface area contributed by atoms with Crippen LogP contribution in [0.25, 0.3) is 0 Å². The summed E-state index contributed by atoms with van der Waals surface area (Å²) in [5, 5.41) is 0. The number of hydrogen-bond donors (Lipinski definition) is 1. The van der Waals surface area contributed by atoms with Gasteiger partial charge in [-0.25, -0.2) is 0 Å². The number of rotatable bonds is 12. The molecule has 122 valence electrons. The van der Waals surface area contributed by atoms with Gasteiger partial charge in [-0.3, -0.25) is 4.55 Å². The van der Waals surface area contributed by atoms with Crippen molar-refractivity contribution in [1.29, 1.82) is 0 Å². The second-order valence-corrected chi connectivity index (χ2v) is 14.4. The molecule has 0 aliphatic rings. The van der Waals surface area contributed by atoms with E-state index >= 15 is 0 Å². The van der Waals surface area contributed by atoms with Crippen LogP contribution in [0, 0.1) is 0 Å². The molecular formula is C15H34O3SSi. The lowest BCUT2D eigenvalue weighted by atomic mass is 10.1. The van der Waals surface area contributed by atoms with Gasteiger partial charge in [-0.1, -0.05) is 84.4 Å². The summed E-state index contributed by atoms with van der Waals surface area (Å²) in [7, 11) is -5.72. The van der Waals surface area contributed by atoms with Crippen LogP contribution in [0.5, 0.6) is 0 Å². The van der Waals surface area contributed by atoms with Crippen molar-refractivity contribution in [2.24, 2.45) is 0 Å². The highest BCUT2D eigenvalue weighted by molar-refractivity contribution is 7.88. The fourth-order valence-corrected chi connectivity index (χ4v) is 7.78. The average molecular weight is 323 g/mol. The molecule has 0 rings (SSSR count). The zero-order valence-electron chi connectivity index (χ0n) is 13.8. The second kappa shape index (κ2) is 9.95. The first kappa shape index (κ1) is 20.1. The quantitative estimate of drug-likeness (QED) is 0.311. The zero-order valence-corrected chi connectivity index (χ0v) is 15.6. The summed E-state index contributed by atoms with van der Waals surface area (Å²) >= 11 is 0. The molecule has 20 heavy (non-hydrogen) atoms. The summed E-state index contributed by atoms with van der Waals surface area (Å²) in [4.78, 5) is -0.500. The molecule has 0 heterocycles. The third-order valence-corrected chi connectivity index (χ3v) is 10.1. The summed E-state index contributed by atoms with van der Waals surface area (Å²) < 4.78 is 32.2. The number of unbranched alkanes of at least 4 members (excludes halogenated alkanes) is 8. The maximum absolute atomic E-state index is 11.4. The Hall–Kier alpha value is 0.127. The summed E-state index contributed by atoms with van der Waals surface area (Å²) in [6.45, 7) is 8.27. The van der Waals surface area contributed by atoms with Gasteiger partial charge >= 0.3 is 0 Å². The van der Waals surface area contributed by atoms with Crippen molar-refractivity contribution in [1.82, 2.24) is 0 Å². The summed E-state index contributed by atoms with van der Waals surface area (Å²) in [6, 6.07) is 0. The highest BCUT2D eigenvalue weighted by Gasteiger charge is 2.35. The zero-order chi connectivity index (χ0) is 15.6. The molecule has 1 unspecified atom stereocenters. The van der Waals surface area contributed by atoms with Crippen LogP contribution in [-0.2, 0) is 10.1 Å². The van der Waals surface area contributed by atoms with Gasteiger partial charge in [0.05, 0.1) is 12.9 Å². The van der Waals surface area contributed by atoms with Crippen molar-refractivity contribution in [3.63, 3.8) is 0 Å². The standard InChI is InChI=1S/C15H34O3SSi/c1-5-6-7-8-9-10-11-12-13-14-15(19(16,17)18)20(2,3)4/h15H,5-14H2,1-4H3,(H,16,17,18). The molecule has 0 spiro atoms. The van der Waals surface area contributed by atoms with Crippen LogP contribution in [-0.4, -0.2) is 25.9 Å². The molecule has 5 heteroatoms. The van der Waals surface area contributed by atoms with E-state index in [2.05, 4.69) is 6.92 Å². The Kier molecular flexibility index (Phi) is 10.0. The predicted octanol–water partition coefficient (Wildman–Crippen LogP) is 5.04. The Morgan fingerprint density at radius 2 is 1.25 bits per heavy atom. The van der Waals surface area contributed by atoms with E-state index in [9.17, 15) is 13.0 Å². The van der Waals surface area contributed by atoms with Crippen molar-refractivity contribution in [3.8, 4) is 0 Å². The van der Waals surface area contributed by atoms with Crippen LogP contribution in [0.15, 0.2) is 0 Å². The first-order chi connectivity index (χ1) is 9.19. The van der Waals surface area contributed by atoms with Crippen molar-refractivity contribution >= 4 is 18.2 Å². The minimum Gasteiger partial charge on any atom is -0.286 e. The lowest BCUT2D eigenvalue weighted by Gasteiger charge is -2.25. The fraction of sp³-hybridized carbons (Fsp3) is 1.00. The Labute approximate surface area is 127 Å². The molecule has 3 nitrogen and oxygen atoms in total. The molecular weight excluding hydrogens is 288 g/mol. The van der Waals surface area contributed by atoms with Crippen LogP contribution < -0.4 is 0 Å². The maximum atomic E-state index is 11.4. The SMILES string of the molecule is CCCCCCCCCCCC([Si](C)(C)C)S(=O)(=O)O.